The van der Waals surface area contributed by atoms with E-state index in [1.807, 2.05) is 24.0 Å². The first kappa shape index (κ1) is 21.6. The summed E-state index contributed by atoms with van der Waals surface area (Å²) in [5, 5.41) is 10.8. The number of amides is 2. The molecule has 1 aliphatic rings. The molecule has 32 heavy (non-hydrogen) atoms. The van der Waals surface area contributed by atoms with Gasteiger partial charge in [0.15, 0.2) is 5.69 Å². The number of aromatic nitrogens is 3. The molecule has 9 nitrogen and oxygen atoms in total. The molecule has 1 aliphatic heterocycles. The maximum Gasteiger partial charge on any atom is 0.275 e. The van der Waals surface area contributed by atoms with E-state index in [4.69, 9.17) is 0 Å². The van der Waals surface area contributed by atoms with E-state index in [2.05, 4.69) is 20.7 Å². The summed E-state index contributed by atoms with van der Waals surface area (Å²) in [6.07, 6.45) is 1.58. The van der Waals surface area contributed by atoms with E-state index >= 15 is 0 Å². The Labute approximate surface area is 185 Å². The van der Waals surface area contributed by atoms with Crippen molar-refractivity contribution in [2.24, 2.45) is 5.92 Å². The molecule has 166 valence electrons. The molecule has 1 fully saturated rings. The van der Waals surface area contributed by atoms with Gasteiger partial charge in [-0.1, -0.05) is 24.3 Å². The van der Waals surface area contributed by atoms with Crippen molar-refractivity contribution in [3.8, 4) is 0 Å². The molecule has 1 saturated heterocycles. The number of carbonyl (C=O) groups is 2. The molecule has 3 heterocycles. The van der Waals surface area contributed by atoms with Crippen molar-refractivity contribution >= 4 is 28.4 Å². The van der Waals surface area contributed by atoms with E-state index in [-0.39, 0.29) is 35.7 Å². The Morgan fingerprint density at radius 2 is 1.91 bits per heavy atom. The zero-order valence-electron chi connectivity index (χ0n) is 18.2. The minimum Gasteiger partial charge on any atom is -0.354 e. The summed E-state index contributed by atoms with van der Waals surface area (Å²) in [5.74, 6) is -0.121. The zero-order chi connectivity index (χ0) is 22.7. The van der Waals surface area contributed by atoms with Crippen LogP contribution in [-0.2, 0) is 11.5 Å². The lowest BCUT2D eigenvalue weighted by atomic mass is 9.97. The Bertz CT molecular complexity index is 1220. The van der Waals surface area contributed by atoms with Crippen LogP contribution in [0.1, 0.15) is 29.0 Å². The third-order valence-corrected chi connectivity index (χ3v) is 5.66. The predicted molar refractivity (Wildman–Crippen MR) is 121 cm³/mol. The standard InChI is InChI=1S/C23H26N6O3/c1-15-7-5-11-19(25-15)26-21(30)16-8-6-12-28(13-16)14-29-23(32)18-10-4-3-9-17(18)20(27-29)22(31)24-2/h3-5,7,9-11,16H,6,8,12-14H2,1-2H3,(H,24,31)(H,25,26,30). The van der Waals surface area contributed by atoms with Gasteiger partial charge in [-0.05, 0) is 44.5 Å². The summed E-state index contributed by atoms with van der Waals surface area (Å²) in [7, 11) is 1.53. The fourth-order valence-electron chi connectivity index (χ4n) is 4.05. The van der Waals surface area contributed by atoms with Crippen LogP contribution in [0.4, 0.5) is 5.82 Å². The van der Waals surface area contributed by atoms with Gasteiger partial charge < -0.3 is 10.6 Å². The van der Waals surface area contributed by atoms with Gasteiger partial charge in [-0.25, -0.2) is 9.67 Å². The number of piperidine rings is 1. The van der Waals surface area contributed by atoms with Crippen molar-refractivity contribution in [2.75, 3.05) is 25.5 Å². The predicted octanol–water partition coefficient (Wildman–Crippen LogP) is 1.77. The number of hydrogen-bond acceptors (Lipinski definition) is 6. The number of carbonyl (C=O) groups excluding carboxylic acids is 2. The summed E-state index contributed by atoms with van der Waals surface area (Å²) in [6.45, 7) is 3.32. The van der Waals surface area contributed by atoms with Crippen LogP contribution in [0.25, 0.3) is 10.8 Å². The highest BCUT2D eigenvalue weighted by Crippen LogP contribution is 2.19. The minimum absolute atomic E-state index is 0.0855. The highest BCUT2D eigenvalue weighted by Gasteiger charge is 2.27. The van der Waals surface area contributed by atoms with Crippen molar-refractivity contribution in [1.82, 2.24) is 25.0 Å². The first-order valence-electron chi connectivity index (χ1n) is 10.6. The van der Waals surface area contributed by atoms with E-state index in [0.717, 1.165) is 25.1 Å². The molecule has 1 unspecified atom stereocenters. The second kappa shape index (κ2) is 9.27. The van der Waals surface area contributed by atoms with E-state index < -0.39 is 0 Å². The van der Waals surface area contributed by atoms with Crippen LogP contribution in [0.15, 0.2) is 47.3 Å². The molecule has 9 heteroatoms. The van der Waals surface area contributed by atoms with Crippen molar-refractivity contribution in [3.63, 3.8) is 0 Å². The topological polar surface area (TPSA) is 109 Å². The number of anilines is 1. The van der Waals surface area contributed by atoms with Crippen molar-refractivity contribution in [3.05, 3.63) is 64.2 Å². The van der Waals surface area contributed by atoms with Gasteiger partial charge in [0.1, 0.15) is 5.82 Å². The highest BCUT2D eigenvalue weighted by atomic mass is 16.2. The number of benzene rings is 1. The Hall–Kier alpha value is -3.59. The van der Waals surface area contributed by atoms with Gasteiger partial charge in [0.2, 0.25) is 5.91 Å². The number of hydrogen-bond donors (Lipinski definition) is 2. The lowest BCUT2D eigenvalue weighted by molar-refractivity contribution is -0.121. The minimum atomic E-state index is -0.350. The average Bonchev–Trinajstić information content (AvgIpc) is 2.80. The highest BCUT2D eigenvalue weighted by molar-refractivity contribution is 6.04. The van der Waals surface area contributed by atoms with E-state index in [1.54, 1.807) is 30.3 Å². The number of rotatable bonds is 5. The monoisotopic (exact) mass is 434 g/mol. The van der Waals surface area contributed by atoms with Crippen LogP contribution in [-0.4, -0.2) is 51.6 Å². The zero-order valence-corrected chi connectivity index (χ0v) is 18.2. The quantitative estimate of drug-likeness (QED) is 0.633. The smallest absolute Gasteiger partial charge is 0.275 e. The van der Waals surface area contributed by atoms with Gasteiger partial charge in [0, 0.05) is 24.7 Å². The molecule has 0 aliphatic carbocycles. The number of aryl methyl sites for hydroxylation is 1. The fourth-order valence-corrected chi connectivity index (χ4v) is 4.05. The van der Waals surface area contributed by atoms with Gasteiger partial charge in [0.05, 0.1) is 18.0 Å². The van der Waals surface area contributed by atoms with Gasteiger partial charge in [-0.3, -0.25) is 19.3 Å². The normalized spacial score (nSPS) is 16.6. The fraction of sp³-hybridized carbons (Fsp3) is 0.348. The molecule has 3 aromatic rings. The average molecular weight is 435 g/mol. The largest absolute Gasteiger partial charge is 0.354 e. The second-order valence-corrected chi connectivity index (χ2v) is 7.99. The summed E-state index contributed by atoms with van der Waals surface area (Å²) >= 11 is 0. The van der Waals surface area contributed by atoms with E-state index in [9.17, 15) is 14.4 Å². The molecule has 0 radical (unpaired) electrons. The van der Waals surface area contributed by atoms with Gasteiger partial charge in [-0.15, -0.1) is 0 Å². The number of fused-ring (bicyclic) bond motifs is 1. The molecule has 1 atom stereocenters. The summed E-state index contributed by atoms with van der Waals surface area (Å²) < 4.78 is 1.31. The lowest BCUT2D eigenvalue weighted by Crippen LogP contribution is -2.44. The number of likely N-dealkylation sites (tertiary alicyclic amines) is 1. The van der Waals surface area contributed by atoms with Crippen LogP contribution in [0.3, 0.4) is 0 Å². The molecule has 2 N–H and O–H groups in total. The number of pyridine rings is 1. The van der Waals surface area contributed by atoms with Crippen LogP contribution < -0.4 is 16.2 Å². The maximum absolute atomic E-state index is 13.0. The molecule has 0 spiro atoms. The molecule has 1 aromatic carbocycles. The molecule has 4 rings (SSSR count). The second-order valence-electron chi connectivity index (χ2n) is 7.99. The van der Waals surface area contributed by atoms with E-state index in [1.165, 1.54) is 11.7 Å². The van der Waals surface area contributed by atoms with Crippen molar-refractivity contribution in [1.29, 1.82) is 0 Å². The number of nitrogens with one attached hydrogen (secondary N) is 2. The Balaban J connectivity index is 1.54. The molecule has 0 saturated carbocycles. The summed E-state index contributed by atoms with van der Waals surface area (Å²) in [4.78, 5) is 44.5. The Morgan fingerprint density at radius 3 is 2.66 bits per heavy atom. The molecule has 2 amide bonds. The SMILES string of the molecule is CNC(=O)c1nn(CN2CCCC(C(=O)Nc3cccc(C)n3)C2)c(=O)c2ccccc12. The molecule has 0 bridgehead atoms. The Morgan fingerprint density at radius 1 is 1.12 bits per heavy atom. The lowest BCUT2D eigenvalue weighted by Gasteiger charge is -2.31. The third-order valence-electron chi connectivity index (χ3n) is 5.66. The summed E-state index contributed by atoms with van der Waals surface area (Å²) in [6, 6.07) is 12.5. The van der Waals surface area contributed by atoms with E-state index in [0.29, 0.717) is 23.1 Å². The van der Waals surface area contributed by atoms with Crippen LogP contribution in [0, 0.1) is 12.8 Å². The van der Waals surface area contributed by atoms with Gasteiger partial charge >= 0.3 is 0 Å². The third kappa shape index (κ3) is 4.52. The first-order chi connectivity index (χ1) is 15.5. The van der Waals surface area contributed by atoms with Gasteiger partial charge in [-0.2, -0.15) is 5.10 Å². The molecular formula is C23H26N6O3. The Kier molecular flexibility index (Phi) is 6.27. The van der Waals surface area contributed by atoms with Crippen molar-refractivity contribution in [2.45, 2.75) is 26.4 Å². The number of nitrogens with zero attached hydrogens (tertiary/aromatic N) is 4. The molecule has 2 aromatic heterocycles. The summed E-state index contributed by atoms with van der Waals surface area (Å²) in [5.41, 5.74) is 0.782. The van der Waals surface area contributed by atoms with Crippen LogP contribution >= 0.6 is 0 Å². The van der Waals surface area contributed by atoms with Crippen LogP contribution in [0.5, 0.6) is 0 Å². The van der Waals surface area contributed by atoms with Gasteiger partial charge in [0.25, 0.3) is 11.5 Å². The van der Waals surface area contributed by atoms with Crippen molar-refractivity contribution < 1.29 is 9.59 Å². The van der Waals surface area contributed by atoms with Crippen LogP contribution in [0.2, 0.25) is 0 Å². The first-order valence-corrected chi connectivity index (χ1v) is 10.6. The maximum atomic E-state index is 13.0. The molecular weight excluding hydrogens is 408 g/mol.